The van der Waals surface area contributed by atoms with Crippen LogP contribution in [0.2, 0.25) is 0 Å². The molecule has 24 heavy (non-hydrogen) atoms. The van der Waals surface area contributed by atoms with Crippen molar-refractivity contribution >= 4 is 11.8 Å². The van der Waals surface area contributed by atoms with Crippen LogP contribution in [0, 0.1) is 10.1 Å². The number of amides is 1. The number of hydrogen-bond donors (Lipinski definition) is 1. The lowest BCUT2D eigenvalue weighted by Gasteiger charge is -2.37. The van der Waals surface area contributed by atoms with Crippen LogP contribution < -0.4 is 0 Å². The van der Waals surface area contributed by atoms with Crippen molar-refractivity contribution < 1.29 is 14.8 Å². The Morgan fingerprint density at radius 3 is 2.50 bits per heavy atom. The van der Waals surface area contributed by atoms with Crippen molar-refractivity contribution in [1.82, 2.24) is 24.6 Å². The first-order valence-electron chi connectivity index (χ1n) is 7.16. The van der Waals surface area contributed by atoms with Gasteiger partial charge in [-0.05, 0) is 33.8 Å². The zero-order chi connectivity index (χ0) is 18.1. The summed E-state index contributed by atoms with van der Waals surface area (Å²) in [6.07, 6.45) is 1.32. The predicted octanol–water partition coefficient (Wildman–Crippen LogP) is 2.41. The van der Waals surface area contributed by atoms with Crippen LogP contribution in [0.4, 0.5) is 10.5 Å². The third kappa shape index (κ3) is 3.31. The van der Waals surface area contributed by atoms with Gasteiger partial charge in [-0.2, -0.15) is 9.78 Å². The van der Waals surface area contributed by atoms with E-state index in [0.717, 1.165) is 6.20 Å². The second-order valence-corrected chi connectivity index (χ2v) is 6.16. The van der Waals surface area contributed by atoms with Crippen molar-refractivity contribution in [2.45, 2.75) is 39.3 Å². The molecule has 2 aromatic heterocycles. The second kappa shape index (κ2) is 6.22. The van der Waals surface area contributed by atoms with Gasteiger partial charge in [-0.1, -0.05) is 0 Å². The van der Waals surface area contributed by atoms with Gasteiger partial charge in [0.05, 0.1) is 11.0 Å². The van der Waals surface area contributed by atoms with Gasteiger partial charge in [0.1, 0.15) is 12.5 Å². The molecule has 10 heteroatoms. The Morgan fingerprint density at radius 2 is 2.04 bits per heavy atom. The molecule has 0 aromatic carbocycles. The van der Waals surface area contributed by atoms with E-state index in [0.29, 0.717) is 11.6 Å². The van der Waals surface area contributed by atoms with Crippen LogP contribution in [0.3, 0.4) is 0 Å². The summed E-state index contributed by atoms with van der Waals surface area (Å²) in [5, 5.41) is 24.3. The van der Waals surface area contributed by atoms with Gasteiger partial charge in [-0.15, -0.1) is 0 Å². The average Bonchev–Trinajstić information content (AvgIpc) is 2.94. The Balaban J connectivity index is 2.42. The van der Waals surface area contributed by atoms with E-state index in [2.05, 4.69) is 15.1 Å². The van der Waals surface area contributed by atoms with Gasteiger partial charge >= 0.3 is 6.09 Å². The average molecular weight is 334 g/mol. The van der Waals surface area contributed by atoms with Crippen LogP contribution in [0.5, 0.6) is 0 Å². The van der Waals surface area contributed by atoms with Gasteiger partial charge in [0, 0.05) is 11.6 Å². The molecule has 0 spiro atoms. The summed E-state index contributed by atoms with van der Waals surface area (Å²) >= 11 is 0. The summed E-state index contributed by atoms with van der Waals surface area (Å²) in [4.78, 5) is 31.2. The van der Waals surface area contributed by atoms with Crippen molar-refractivity contribution in [3.05, 3.63) is 40.6 Å². The van der Waals surface area contributed by atoms with E-state index in [-0.39, 0.29) is 5.69 Å². The van der Waals surface area contributed by atoms with Crippen LogP contribution >= 0.6 is 0 Å². The fraction of sp³-hybridized carbons (Fsp3) is 0.429. The first-order chi connectivity index (χ1) is 11.1. The molecule has 1 unspecified atom stereocenters. The smallest absolute Gasteiger partial charge is 0.408 e. The maximum absolute atomic E-state index is 11.6. The number of rotatable bonds is 4. The Kier molecular flexibility index (Phi) is 4.49. The first kappa shape index (κ1) is 17.3. The topological polar surface area (TPSA) is 127 Å². The SMILES string of the molecule is CC(c1ncnn1-c1ccc([N+](=O)[O-])cn1)N(C(=O)O)C(C)(C)C. The van der Waals surface area contributed by atoms with Crippen LogP contribution in [0.15, 0.2) is 24.7 Å². The van der Waals surface area contributed by atoms with E-state index in [1.54, 1.807) is 27.7 Å². The van der Waals surface area contributed by atoms with Crippen molar-refractivity contribution in [2.24, 2.45) is 0 Å². The largest absolute Gasteiger partial charge is 0.465 e. The molecule has 0 aliphatic carbocycles. The molecule has 0 saturated heterocycles. The number of carbonyl (C=O) groups is 1. The monoisotopic (exact) mass is 334 g/mol. The van der Waals surface area contributed by atoms with E-state index in [1.165, 1.54) is 28.0 Å². The third-order valence-electron chi connectivity index (χ3n) is 3.42. The van der Waals surface area contributed by atoms with Gasteiger partial charge < -0.3 is 5.11 Å². The molecule has 1 N–H and O–H groups in total. The number of pyridine rings is 1. The highest BCUT2D eigenvalue weighted by atomic mass is 16.6. The van der Waals surface area contributed by atoms with Crippen molar-refractivity contribution in [2.75, 3.05) is 0 Å². The molecule has 128 valence electrons. The number of hydrogen-bond acceptors (Lipinski definition) is 6. The molecule has 10 nitrogen and oxygen atoms in total. The number of aromatic nitrogens is 4. The van der Waals surface area contributed by atoms with Crippen molar-refractivity contribution in [1.29, 1.82) is 0 Å². The van der Waals surface area contributed by atoms with Crippen molar-refractivity contribution in [3.63, 3.8) is 0 Å². The molecule has 0 aliphatic rings. The predicted molar refractivity (Wildman–Crippen MR) is 83.8 cm³/mol. The number of nitrogens with zero attached hydrogens (tertiary/aromatic N) is 6. The first-order valence-corrected chi connectivity index (χ1v) is 7.16. The summed E-state index contributed by atoms with van der Waals surface area (Å²) in [5.41, 5.74) is -0.791. The summed E-state index contributed by atoms with van der Waals surface area (Å²) < 4.78 is 1.37. The summed E-state index contributed by atoms with van der Waals surface area (Å²) in [5.74, 6) is 0.688. The molecule has 1 amide bonds. The fourth-order valence-electron chi connectivity index (χ4n) is 2.47. The van der Waals surface area contributed by atoms with Gasteiger partial charge in [-0.3, -0.25) is 15.0 Å². The molecule has 0 fully saturated rings. The molecular formula is C14H18N6O4. The Hall–Kier alpha value is -3.04. The van der Waals surface area contributed by atoms with Gasteiger partial charge in [-0.25, -0.2) is 14.8 Å². The molecular weight excluding hydrogens is 316 g/mol. The van der Waals surface area contributed by atoms with Gasteiger partial charge in [0.25, 0.3) is 5.69 Å². The molecule has 1 atom stereocenters. The standard InChI is InChI=1S/C14H18N6O4/c1-9(18(13(21)22)14(2,3)4)12-16-8-17-19(12)11-6-5-10(7-15-11)20(23)24/h5-9H,1-4H3,(H,21,22). The minimum atomic E-state index is -1.08. The third-order valence-corrected chi connectivity index (χ3v) is 3.42. The lowest BCUT2D eigenvalue weighted by atomic mass is 10.0. The Labute approximate surface area is 137 Å². The summed E-state index contributed by atoms with van der Waals surface area (Å²) in [6, 6.07) is 2.14. The molecule has 2 aromatic rings. The minimum absolute atomic E-state index is 0.143. The molecule has 0 saturated carbocycles. The van der Waals surface area contributed by atoms with E-state index in [9.17, 15) is 20.0 Å². The minimum Gasteiger partial charge on any atom is -0.465 e. The quantitative estimate of drug-likeness (QED) is 0.671. The second-order valence-electron chi connectivity index (χ2n) is 6.16. The zero-order valence-electron chi connectivity index (χ0n) is 13.7. The number of carboxylic acid groups (broad SMARTS) is 1. The highest BCUT2D eigenvalue weighted by Crippen LogP contribution is 2.27. The van der Waals surface area contributed by atoms with E-state index in [1.807, 2.05) is 0 Å². The van der Waals surface area contributed by atoms with Crippen LogP contribution in [-0.4, -0.2) is 46.3 Å². The number of nitro groups is 1. The summed E-state index contributed by atoms with van der Waals surface area (Å²) in [7, 11) is 0. The molecule has 2 heterocycles. The highest BCUT2D eigenvalue weighted by molar-refractivity contribution is 5.66. The maximum atomic E-state index is 11.6. The lowest BCUT2D eigenvalue weighted by Crippen LogP contribution is -2.47. The van der Waals surface area contributed by atoms with Crippen molar-refractivity contribution in [3.8, 4) is 5.82 Å². The molecule has 2 rings (SSSR count). The normalized spacial score (nSPS) is 12.7. The molecule has 0 aliphatic heterocycles. The van der Waals surface area contributed by atoms with Crippen LogP contribution in [0.1, 0.15) is 39.6 Å². The zero-order valence-corrected chi connectivity index (χ0v) is 13.7. The lowest BCUT2D eigenvalue weighted by molar-refractivity contribution is -0.385. The Morgan fingerprint density at radius 1 is 1.38 bits per heavy atom. The highest BCUT2D eigenvalue weighted by Gasteiger charge is 2.34. The fourth-order valence-corrected chi connectivity index (χ4v) is 2.47. The maximum Gasteiger partial charge on any atom is 0.408 e. The Bertz CT molecular complexity index is 749. The molecule has 0 bridgehead atoms. The summed E-state index contributed by atoms with van der Waals surface area (Å²) in [6.45, 7) is 7.04. The van der Waals surface area contributed by atoms with E-state index < -0.39 is 22.6 Å². The van der Waals surface area contributed by atoms with Crippen LogP contribution in [-0.2, 0) is 0 Å². The van der Waals surface area contributed by atoms with Gasteiger partial charge in [0.2, 0.25) is 0 Å². The van der Waals surface area contributed by atoms with E-state index in [4.69, 9.17) is 0 Å². The van der Waals surface area contributed by atoms with E-state index >= 15 is 0 Å². The van der Waals surface area contributed by atoms with Gasteiger partial charge in [0.15, 0.2) is 11.6 Å². The van der Waals surface area contributed by atoms with Crippen LogP contribution in [0.25, 0.3) is 5.82 Å². The molecule has 0 radical (unpaired) electrons.